The second-order valence-corrected chi connectivity index (χ2v) is 6.00. The summed E-state index contributed by atoms with van der Waals surface area (Å²) in [6.07, 6.45) is 1.59. The summed E-state index contributed by atoms with van der Waals surface area (Å²) in [7, 11) is 0. The van der Waals surface area contributed by atoms with E-state index in [9.17, 15) is 0 Å². The molecule has 1 atom stereocenters. The quantitative estimate of drug-likeness (QED) is 0.858. The van der Waals surface area contributed by atoms with Crippen molar-refractivity contribution in [2.75, 3.05) is 6.61 Å². The van der Waals surface area contributed by atoms with Crippen LogP contribution in [-0.2, 0) is 0 Å². The van der Waals surface area contributed by atoms with Gasteiger partial charge in [0.05, 0.1) is 3.79 Å². The maximum atomic E-state index is 8.65. The van der Waals surface area contributed by atoms with Gasteiger partial charge in [-0.25, -0.2) is 0 Å². The van der Waals surface area contributed by atoms with E-state index in [1.165, 1.54) is 0 Å². The fraction of sp³-hybridized carbons (Fsp3) is 0.500. The molecule has 0 aliphatic rings. The van der Waals surface area contributed by atoms with Gasteiger partial charge in [0.1, 0.15) is 0 Å². The van der Waals surface area contributed by atoms with Crippen LogP contribution < -0.4 is 5.73 Å². The number of nitrogens with two attached hydrogens (primary N) is 1. The van der Waals surface area contributed by atoms with Gasteiger partial charge in [-0.1, -0.05) is 0 Å². The van der Waals surface area contributed by atoms with E-state index in [4.69, 9.17) is 10.8 Å². The van der Waals surface area contributed by atoms with Crippen molar-refractivity contribution in [1.29, 1.82) is 0 Å². The van der Waals surface area contributed by atoms with Gasteiger partial charge in [0.25, 0.3) is 0 Å². The lowest BCUT2D eigenvalue weighted by molar-refractivity contribution is 0.280. The first kappa shape index (κ1) is 14.9. The molecule has 0 aromatic carbocycles. The van der Waals surface area contributed by atoms with Gasteiger partial charge < -0.3 is 10.8 Å². The average Bonchev–Trinajstić information content (AvgIpc) is 2.43. The molecule has 0 unspecified atom stereocenters. The predicted octanol–water partition coefficient (Wildman–Crippen LogP) is 3.47. The van der Waals surface area contributed by atoms with Gasteiger partial charge in [-0.15, -0.1) is 23.7 Å². The normalized spacial score (nSPS) is 12.3. The molecule has 0 bridgehead atoms. The molecule has 1 aromatic rings. The van der Waals surface area contributed by atoms with E-state index < -0.39 is 0 Å². The summed E-state index contributed by atoms with van der Waals surface area (Å²) in [4.78, 5) is 1.15. The minimum absolute atomic E-state index is 0. The number of hydrogen-bond donors (Lipinski definition) is 2. The zero-order chi connectivity index (χ0) is 9.84. The van der Waals surface area contributed by atoms with Crippen LogP contribution in [0.25, 0.3) is 0 Å². The van der Waals surface area contributed by atoms with Gasteiger partial charge in [-0.05, 0) is 50.8 Å². The molecule has 2 nitrogen and oxygen atoms in total. The fourth-order valence-electron chi connectivity index (χ4n) is 1.000. The number of hydrogen-bond acceptors (Lipinski definition) is 3. The van der Waals surface area contributed by atoms with Crippen LogP contribution in [0.15, 0.2) is 14.3 Å². The second-order valence-electron chi connectivity index (χ2n) is 2.74. The van der Waals surface area contributed by atoms with E-state index in [1.807, 2.05) is 6.07 Å². The molecule has 82 valence electrons. The molecule has 1 rings (SSSR count). The van der Waals surface area contributed by atoms with Crippen LogP contribution in [0.1, 0.15) is 23.8 Å². The molecule has 1 heterocycles. The summed E-state index contributed by atoms with van der Waals surface area (Å²) in [5.41, 5.74) is 5.92. The van der Waals surface area contributed by atoms with Gasteiger partial charge in [-0.2, -0.15) is 0 Å². The Bertz CT molecular complexity index is 263. The third-order valence-corrected chi connectivity index (χ3v) is 5.09. The molecule has 6 heteroatoms. The molecule has 0 aliphatic heterocycles. The Morgan fingerprint density at radius 2 is 2.14 bits per heavy atom. The molecule has 0 radical (unpaired) electrons. The first-order valence-corrected chi connectivity index (χ1v) is 6.36. The van der Waals surface area contributed by atoms with Crippen molar-refractivity contribution in [3.63, 3.8) is 0 Å². The van der Waals surface area contributed by atoms with E-state index in [-0.39, 0.29) is 25.1 Å². The fourth-order valence-corrected chi connectivity index (χ4v) is 3.13. The van der Waals surface area contributed by atoms with Crippen LogP contribution in [0.2, 0.25) is 0 Å². The van der Waals surface area contributed by atoms with Crippen molar-refractivity contribution in [1.82, 2.24) is 0 Å². The molecule has 0 saturated carbocycles. The van der Waals surface area contributed by atoms with E-state index in [1.54, 1.807) is 11.3 Å². The molecule has 0 fully saturated rings. The van der Waals surface area contributed by atoms with Crippen LogP contribution in [0, 0.1) is 0 Å². The predicted molar refractivity (Wildman–Crippen MR) is 70.2 cm³/mol. The average molecular weight is 366 g/mol. The van der Waals surface area contributed by atoms with Crippen LogP contribution in [-0.4, -0.2) is 11.7 Å². The van der Waals surface area contributed by atoms with Crippen molar-refractivity contribution in [2.45, 2.75) is 18.9 Å². The Labute approximate surface area is 111 Å². The van der Waals surface area contributed by atoms with Gasteiger partial charge in [-0.3, -0.25) is 0 Å². The van der Waals surface area contributed by atoms with Crippen molar-refractivity contribution < 1.29 is 5.11 Å². The van der Waals surface area contributed by atoms with Crippen molar-refractivity contribution in [3.8, 4) is 0 Å². The lowest BCUT2D eigenvalue weighted by atomic mass is 10.1. The summed E-state index contributed by atoms with van der Waals surface area (Å²) in [6, 6.07) is 2.07. The Hall–Kier alpha value is 0.870. The smallest absolute Gasteiger partial charge is 0.0843 e. The monoisotopic (exact) mass is 363 g/mol. The van der Waals surface area contributed by atoms with Crippen LogP contribution >= 0.6 is 55.6 Å². The summed E-state index contributed by atoms with van der Waals surface area (Å²) < 4.78 is 2.12. The van der Waals surface area contributed by atoms with Crippen molar-refractivity contribution >= 4 is 55.6 Å². The highest BCUT2D eigenvalue weighted by molar-refractivity contribution is 9.13. The van der Waals surface area contributed by atoms with E-state index in [0.717, 1.165) is 26.0 Å². The third-order valence-electron chi connectivity index (χ3n) is 1.70. The molecule has 3 N–H and O–H groups in total. The number of thiophene rings is 1. The minimum atomic E-state index is 0. The maximum Gasteiger partial charge on any atom is 0.0843 e. The van der Waals surface area contributed by atoms with Crippen molar-refractivity contribution in [2.24, 2.45) is 5.73 Å². The van der Waals surface area contributed by atoms with Gasteiger partial charge >= 0.3 is 0 Å². The number of rotatable bonds is 4. The van der Waals surface area contributed by atoms with Gasteiger partial charge in [0.15, 0.2) is 0 Å². The highest BCUT2D eigenvalue weighted by Gasteiger charge is 2.10. The maximum absolute atomic E-state index is 8.65. The summed E-state index contributed by atoms with van der Waals surface area (Å²) in [5.74, 6) is 0. The van der Waals surface area contributed by atoms with Crippen molar-refractivity contribution in [3.05, 3.63) is 19.2 Å². The highest BCUT2D eigenvalue weighted by atomic mass is 79.9. The molecular weight excluding hydrogens is 353 g/mol. The zero-order valence-corrected chi connectivity index (χ0v) is 12.2. The largest absolute Gasteiger partial charge is 0.396 e. The molecule has 0 spiro atoms. The standard InChI is InChI=1S/C8H11Br2NOS.ClH/c9-5-4-7(13-8(5)10)6(11)2-1-3-12;/h4,6,12H,1-3,11H2;1H/t6-;/m0./s1. The lowest BCUT2D eigenvalue weighted by Gasteiger charge is -2.06. The summed E-state index contributed by atoms with van der Waals surface area (Å²) >= 11 is 8.47. The molecule has 1 aromatic heterocycles. The molecular formula is C8H12Br2ClNOS. The number of aliphatic hydroxyl groups excluding tert-OH is 1. The molecule has 14 heavy (non-hydrogen) atoms. The highest BCUT2D eigenvalue weighted by Crippen LogP contribution is 2.35. The molecule has 0 aliphatic carbocycles. The first-order valence-electron chi connectivity index (χ1n) is 3.96. The van der Waals surface area contributed by atoms with Crippen LogP contribution in [0.5, 0.6) is 0 Å². The first-order chi connectivity index (χ1) is 6.15. The summed E-state index contributed by atoms with van der Waals surface area (Å²) in [5, 5.41) is 8.65. The Morgan fingerprint density at radius 3 is 2.57 bits per heavy atom. The zero-order valence-electron chi connectivity index (χ0n) is 7.37. The van der Waals surface area contributed by atoms with Crippen LogP contribution in [0.4, 0.5) is 0 Å². The lowest BCUT2D eigenvalue weighted by Crippen LogP contribution is -2.08. The van der Waals surface area contributed by atoms with Gasteiger partial charge in [0.2, 0.25) is 0 Å². The number of halogens is 3. The Balaban J connectivity index is 0.00000169. The molecule has 0 saturated heterocycles. The van der Waals surface area contributed by atoms with E-state index in [2.05, 4.69) is 31.9 Å². The van der Waals surface area contributed by atoms with Gasteiger partial charge in [0, 0.05) is 22.0 Å². The Kier molecular flexibility index (Phi) is 7.64. The number of aliphatic hydroxyl groups is 1. The van der Waals surface area contributed by atoms with E-state index in [0.29, 0.717) is 0 Å². The molecule has 0 amide bonds. The topological polar surface area (TPSA) is 46.2 Å². The van der Waals surface area contributed by atoms with E-state index >= 15 is 0 Å². The minimum Gasteiger partial charge on any atom is -0.396 e. The SMILES string of the molecule is Cl.N[C@@H](CCCO)c1cc(Br)c(Br)s1. The third kappa shape index (κ3) is 4.16. The second kappa shape index (κ2) is 7.19. The Morgan fingerprint density at radius 1 is 1.50 bits per heavy atom. The van der Waals surface area contributed by atoms with Crippen LogP contribution in [0.3, 0.4) is 0 Å². The summed E-state index contributed by atoms with van der Waals surface area (Å²) in [6.45, 7) is 0.210.